The fourth-order valence-corrected chi connectivity index (χ4v) is 4.76. The average molecular weight is 389 g/mol. The van der Waals surface area contributed by atoms with E-state index in [1.807, 2.05) is 6.20 Å². The molecule has 2 heterocycles. The second kappa shape index (κ2) is 8.01. The van der Waals surface area contributed by atoms with E-state index in [1.54, 1.807) is 0 Å². The van der Waals surface area contributed by atoms with E-state index in [1.165, 1.54) is 35.2 Å². The van der Waals surface area contributed by atoms with Crippen molar-refractivity contribution in [3.8, 4) is 0 Å². The Morgan fingerprint density at radius 1 is 1.21 bits per heavy atom. The lowest BCUT2D eigenvalue weighted by atomic mass is 9.96. The van der Waals surface area contributed by atoms with Gasteiger partial charge in [0, 0.05) is 42.7 Å². The van der Waals surface area contributed by atoms with Crippen molar-refractivity contribution < 1.29 is 5.11 Å². The topological polar surface area (TPSA) is 64.2 Å². The van der Waals surface area contributed by atoms with Crippen LogP contribution in [0.1, 0.15) is 41.9 Å². The molecular weight excluding hydrogens is 360 g/mol. The molecule has 0 radical (unpaired) electrons. The van der Waals surface area contributed by atoms with Gasteiger partial charge in [-0.15, -0.1) is 0 Å². The summed E-state index contributed by atoms with van der Waals surface area (Å²) in [4.78, 5) is 2.56. The van der Waals surface area contributed by atoms with Crippen molar-refractivity contribution in [2.45, 2.75) is 37.8 Å². The lowest BCUT2D eigenvalue weighted by Crippen LogP contribution is -2.41. The minimum absolute atomic E-state index is 0.242. The summed E-state index contributed by atoms with van der Waals surface area (Å²) < 4.78 is 0. The number of piperidine rings is 1. The molecule has 1 saturated heterocycles. The summed E-state index contributed by atoms with van der Waals surface area (Å²) in [5.74, 6) is 0.375. The molecule has 2 aliphatic rings. The summed E-state index contributed by atoms with van der Waals surface area (Å²) in [5, 5.41) is 21.2. The monoisotopic (exact) mass is 388 g/mol. The van der Waals surface area contributed by atoms with Crippen LogP contribution < -0.4 is 5.32 Å². The van der Waals surface area contributed by atoms with Crippen LogP contribution in [0.4, 0.5) is 5.69 Å². The number of aromatic nitrogens is 2. The summed E-state index contributed by atoms with van der Waals surface area (Å²) in [6.45, 7) is 3.44. The largest absolute Gasteiger partial charge is 0.396 e. The maximum absolute atomic E-state index is 9.24. The third kappa shape index (κ3) is 3.93. The lowest BCUT2D eigenvalue weighted by molar-refractivity contribution is 0.208. The van der Waals surface area contributed by atoms with Gasteiger partial charge in [0.1, 0.15) is 0 Å². The number of aliphatic hydroxyl groups excluding tert-OH is 1. The van der Waals surface area contributed by atoms with E-state index in [2.05, 4.69) is 69.0 Å². The van der Waals surface area contributed by atoms with Gasteiger partial charge in [0.15, 0.2) is 0 Å². The third-order valence-corrected chi connectivity index (χ3v) is 6.22. The quantitative estimate of drug-likeness (QED) is 0.594. The number of aliphatic hydroxyl groups is 1. The van der Waals surface area contributed by atoms with Crippen molar-refractivity contribution in [1.82, 2.24) is 15.1 Å². The van der Waals surface area contributed by atoms with Crippen LogP contribution in [0, 0.1) is 0 Å². The Bertz CT molecular complexity index is 1020. The molecule has 1 aromatic heterocycles. The normalized spacial score (nSPS) is 21.6. The Labute approximate surface area is 171 Å². The number of hydrogen-bond acceptors (Lipinski definition) is 4. The SMILES string of the molecule is OCCC1C=Cc2cc(CN3CCC[C@H](Nc4ccc5[nH]ncc5c4)C3)ccc21. The smallest absolute Gasteiger partial charge is 0.0651 e. The number of rotatable bonds is 6. The Morgan fingerprint density at radius 3 is 3.10 bits per heavy atom. The zero-order chi connectivity index (χ0) is 19.6. The number of allylic oxidation sites excluding steroid dienone is 1. The fourth-order valence-electron chi connectivity index (χ4n) is 4.76. The molecule has 1 fully saturated rings. The molecule has 1 unspecified atom stereocenters. The van der Waals surface area contributed by atoms with Crippen molar-refractivity contribution in [3.63, 3.8) is 0 Å². The molecule has 2 atom stereocenters. The molecular formula is C24H28N4O. The van der Waals surface area contributed by atoms with Crippen LogP contribution in [-0.4, -0.2) is 45.9 Å². The fraction of sp³-hybridized carbons (Fsp3) is 0.375. The number of nitrogens with zero attached hydrogens (tertiary/aromatic N) is 2. The van der Waals surface area contributed by atoms with Gasteiger partial charge in [-0.05, 0) is 60.7 Å². The van der Waals surface area contributed by atoms with Crippen LogP contribution in [-0.2, 0) is 6.54 Å². The van der Waals surface area contributed by atoms with Gasteiger partial charge in [0.25, 0.3) is 0 Å². The van der Waals surface area contributed by atoms with E-state index in [-0.39, 0.29) is 6.61 Å². The van der Waals surface area contributed by atoms with E-state index >= 15 is 0 Å². The molecule has 0 spiro atoms. The molecule has 0 saturated carbocycles. The van der Waals surface area contributed by atoms with Crippen molar-refractivity contribution in [2.75, 3.05) is 25.0 Å². The molecule has 0 amide bonds. The van der Waals surface area contributed by atoms with E-state index in [0.29, 0.717) is 12.0 Å². The van der Waals surface area contributed by atoms with E-state index in [9.17, 15) is 5.11 Å². The Hall–Kier alpha value is -2.63. The zero-order valence-electron chi connectivity index (χ0n) is 16.6. The number of likely N-dealkylation sites (tertiary alicyclic amines) is 1. The summed E-state index contributed by atoms with van der Waals surface area (Å²) >= 11 is 0. The summed E-state index contributed by atoms with van der Waals surface area (Å²) in [7, 11) is 0. The molecule has 3 aromatic rings. The second-order valence-corrected chi connectivity index (χ2v) is 8.33. The van der Waals surface area contributed by atoms with Crippen LogP contribution in [0.25, 0.3) is 17.0 Å². The highest BCUT2D eigenvalue weighted by Gasteiger charge is 2.21. The van der Waals surface area contributed by atoms with E-state index < -0.39 is 0 Å². The minimum Gasteiger partial charge on any atom is -0.396 e. The number of H-pyrrole nitrogens is 1. The number of nitrogens with one attached hydrogen (secondary N) is 2. The molecule has 150 valence electrons. The first-order chi connectivity index (χ1) is 14.3. The van der Waals surface area contributed by atoms with Crippen LogP contribution in [0.2, 0.25) is 0 Å². The second-order valence-electron chi connectivity index (χ2n) is 8.33. The van der Waals surface area contributed by atoms with Crippen LogP contribution in [0.3, 0.4) is 0 Å². The van der Waals surface area contributed by atoms with Gasteiger partial charge in [-0.3, -0.25) is 10.00 Å². The lowest BCUT2D eigenvalue weighted by Gasteiger charge is -2.33. The molecule has 2 aromatic carbocycles. The third-order valence-electron chi connectivity index (χ3n) is 6.22. The van der Waals surface area contributed by atoms with Gasteiger partial charge < -0.3 is 10.4 Å². The van der Waals surface area contributed by atoms with Crippen molar-refractivity contribution in [1.29, 1.82) is 0 Å². The highest BCUT2D eigenvalue weighted by molar-refractivity contribution is 5.81. The molecule has 0 bridgehead atoms. The standard InChI is InChI=1S/C24H28N4O/c29-11-9-18-4-5-19-12-17(3-7-23(18)19)15-28-10-1-2-22(16-28)26-21-6-8-24-20(13-21)14-25-27-24/h3-8,12-14,18,22,26,29H,1-2,9-11,15-16H2,(H,25,27)/t18?,22-/m0/s1. The number of benzene rings is 2. The Kier molecular flexibility index (Phi) is 5.08. The molecule has 3 N–H and O–H groups in total. The van der Waals surface area contributed by atoms with Gasteiger partial charge >= 0.3 is 0 Å². The van der Waals surface area contributed by atoms with Crippen LogP contribution in [0.5, 0.6) is 0 Å². The Balaban J connectivity index is 1.22. The summed E-state index contributed by atoms with van der Waals surface area (Å²) in [6.07, 6.45) is 9.55. The van der Waals surface area contributed by atoms with Crippen LogP contribution >= 0.6 is 0 Å². The summed E-state index contributed by atoms with van der Waals surface area (Å²) in [5.41, 5.74) is 6.30. The zero-order valence-corrected chi connectivity index (χ0v) is 16.6. The first-order valence-corrected chi connectivity index (χ1v) is 10.6. The maximum Gasteiger partial charge on any atom is 0.0651 e. The maximum atomic E-state index is 9.24. The van der Waals surface area contributed by atoms with Crippen molar-refractivity contribution in [2.24, 2.45) is 0 Å². The average Bonchev–Trinajstić information content (AvgIpc) is 3.35. The number of anilines is 1. The predicted molar refractivity (Wildman–Crippen MR) is 118 cm³/mol. The van der Waals surface area contributed by atoms with Gasteiger partial charge in [0.2, 0.25) is 0 Å². The molecule has 29 heavy (non-hydrogen) atoms. The first-order valence-electron chi connectivity index (χ1n) is 10.6. The van der Waals surface area contributed by atoms with Gasteiger partial charge in [0.05, 0.1) is 11.7 Å². The molecule has 1 aliphatic carbocycles. The van der Waals surface area contributed by atoms with E-state index in [4.69, 9.17) is 0 Å². The van der Waals surface area contributed by atoms with E-state index in [0.717, 1.165) is 37.0 Å². The summed E-state index contributed by atoms with van der Waals surface area (Å²) in [6, 6.07) is 13.7. The van der Waals surface area contributed by atoms with Crippen molar-refractivity contribution in [3.05, 3.63) is 65.4 Å². The molecule has 1 aliphatic heterocycles. The van der Waals surface area contributed by atoms with Gasteiger partial charge in [-0.1, -0.05) is 30.4 Å². The molecule has 5 nitrogen and oxygen atoms in total. The van der Waals surface area contributed by atoms with Gasteiger partial charge in [-0.2, -0.15) is 5.10 Å². The van der Waals surface area contributed by atoms with Gasteiger partial charge in [-0.25, -0.2) is 0 Å². The number of fused-ring (bicyclic) bond motifs is 2. The van der Waals surface area contributed by atoms with Crippen LogP contribution in [0.15, 0.2) is 48.7 Å². The predicted octanol–water partition coefficient (Wildman–Crippen LogP) is 4.13. The Morgan fingerprint density at radius 2 is 2.17 bits per heavy atom. The molecule has 5 rings (SSSR count). The molecule has 5 heteroatoms. The first kappa shape index (κ1) is 18.4. The highest BCUT2D eigenvalue weighted by Crippen LogP contribution is 2.33. The van der Waals surface area contributed by atoms with Crippen molar-refractivity contribution >= 4 is 22.7 Å². The highest BCUT2D eigenvalue weighted by atomic mass is 16.3. The minimum atomic E-state index is 0.242. The number of aromatic amines is 1. The number of hydrogen-bond donors (Lipinski definition) is 3.